The van der Waals surface area contributed by atoms with Crippen LogP contribution in [-0.4, -0.2) is 19.6 Å². The molecule has 2 N–H and O–H groups in total. The summed E-state index contributed by atoms with van der Waals surface area (Å²) in [6, 6.07) is 5.52. The molecule has 0 fully saturated rings. The van der Waals surface area contributed by atoms with Crippen LogP contribution < -0.4 is 5.73 Å². The minimum absolute atomic E-state index is 0.310. The standard InChI is InChI=1S/C12H15NO2/c1-9-10(6-4-8-13)5-3-7-11(9)12(14)15-2/h3-7H,8,13H2,1-2H3. The molecule has 0 aromatic heterocycles. The number of carbonyl (C=O) groups is 1. The lowest BCUT2D eigenvalue weighted by Gasteiger charge is -2.06. The zero-order valence-corrected chi connectivity index (χ0v) is 8.99. The highest BCUT2D eigenvalue weighted by molar-refractivity contribution is 5.92. The number of benzene rings is 1. The van der Waals surface area contributed by atoms with Crippen molar-refractivity contribution in [2.45, 2.75) is 6.92 Å². The van der Waals surface area contributed by atoms with Crippen molar-refractivity contribution in [3.63, 3.8) is 0 Å². The Balaban J connectivity index is 3.11. The van der Waals surface area contributed by atoms with Crippen molar-refractivity contribution in [3.05, 3.63) is 41.0 Å². The first-order chi connectivity index (χ1) is 7.20. The average molecular weight is 205 g/mol. The van der Waals surface area contributed by atoms with Crippen LogP contribution in [0.1, 0.15) is 21.5 Å². The number of carbonyl (C=O) groups excluding carboxylic acids is 1. The molecule has 0 aliphatic rings. The lowest BCUT2D eigenvalue weighted by molar-refractivity contribution is 0.0600. The van der Waals surface area contributed by atoms with Gasteiger partial charge in [-0.15, -0.1) is 0 Å². The van der Waals surface area contributed by atoms with Crippen LogP contribution in [0.5, 0.6) is 0 Å². The summed E-state index contributed by atoms with van der Waals surface area (Å²) in [5.74, 6) is -0.310. The second-order valence-electron chi connectivity index (χ2n) is 3.15. The molecule has 0 amide bonds. The summed E-state index contributed by atoms with van der Waals surface area (Å²) in [7, 11) is 1.38. The van der Waals surface area contributed by atoms with Crippen LogP contribution in [0.15, 0.2) is 24.3 Å². The maximum atomic E-state index is 11.4. The number of ether oxygens (including phenoxy) is 1. The molecule has 80 valence electrons. The quantitative estimate of drug-likeness (QED) is 0.765. The molecule has 0 saturated heterocycles. The van der Waals surface area contributed by atoms with Gasteiger partial charge in [-0.05, 0) is 24.1 Å². The fourth-order valence-corrected chi connectivity index (χ4v) is 1.36. The molecule has 1 aromatic carbocycles. The van der Waals surface area contributed by atoms with Crippen LogP contribution >= 0.6 is 0 Å². The van der Waals surface area contributed by atoms with Crippen molar-refractivity contribution >= 4 is 12.0 Å². The minimum Gasteiger partial charge on any atom is -0.465 e. The van der Waals surface area contributed by atoms with E-state index in [2.05, 4.69) is 4.74 Å². The Morgan fingerprint density at radius 1 is 1.53 bits per heavy atom. The SMILES string of the molecule is COC(=O)c1cccc(C=CCN)c1C. The second-order valence-corrected chi connectivity index (χ2v) is 3.15. The first kappa shape index (κ1) is 11.5. The van der Waals surface area contributed by atoms with E-state index in [4.69, 9.17) is 5.73 Å². The van der Waals surface area contributed by atoms with Crippen LogP contribution in [0.3, 0.4) is 0 Å². The second kappa shape index (κ2) is 5.32. The number of hydrogen-bond acceptors (Lipinski definition) is 3. The van der Waals surface area contributed by atoms with Crippen molar-refractivity contribution in [1.82, 2.24) is 0 Å². The van der Waals surface area contributed by atoms with E-state index in [9.17, 15) is 4.79 Å². The number of hydrogen-bond donors (Lipinski definition) is 1. The summed E-state index contributed by atoms with van der Waals surface area (Å²) in [5.41, 5.74) is 7.87. The van der Waals surface area contributed by atoms with Gasteiger partial charge in [-0.1, -0.05) is 24.3 Å². The van der Waals surface area contributed by atoms with Gasteiger partial charge >= 0.3 is 5.97 Å². The Bertz CT molecular complexity index is 383. The van der Waals surface area contributed by atoms with Crippen molar-refractivity contribution in [3.8, 4) is 0 Å². The molecule has 0 saturated carbocycles. The molecule has 0 atom stereocenters. The average Bonchev–Trinajstić information content (AvgIpc) is 2.27. The predicted molar refractivity (Wildman–Crippen MR) is 60.6 cm³/mol. The Morgan fingerprint density at radius 2 is 2.27 bits per heavy atom. The van der Waals surface area contributed by atoms with E-state index in [1.807, 2.05) is 31.2 Å². The first-order valence-electron chi connectivity index (χ1n) is 4.75. The molecule has 0 aliphatic carbocycles. The summed E-state index contributed by atoms with van der Waals surface area (Å²) < 4.78 is 4.69. The van der Waals surface area contributed by atoms with Gasteiger partial charge in [0, 0.05) is 6.54 Å². The zero-order valence-electron chi connectivity index (χ0n) is 8.99. The summed E-state index contributed by atoms with van der Waals surface area (Å²) in [5, 5.41) is 0. The van der Waals surface area contributed by atoms with Crippen molar-refractivity contribution in [2.24, 2.45) is 5.73 Å². The van der Waals surface area contributed by atoms with Gasteiger partial charge in [-0.25, -0.2) is 4.79 Å². The molecule has 0 aliphatic heterocycles. The molecule has 3 nitrogen and oxygen atoms in total. The van der Waals surface area contributed by atoms with Crippen LogP contribution in [0.4, 0.5) is 0 Å². The molecule has 1 rings (SSSR count). The van der Waals surface area contributed by atoms with Gasteiger partial charge in [0.1, 0.15) is 0 Å². The van der Waals surface area contributed by atoms with E-state index in [0.717, 1.165) is 11.1 Å². The van der Waals surface area contributed by atoms with Gasteiger partial charge in [-0.2, -0.15) is 0 Å². The van der Waals surface area contributed by atoms with E-state index < -0.39 is 0 Å². The maximum Gasteiger partial charge on any atom is 0.338 e. The van der Waals surface area contributed by atoms with Gasteiger partial charge in [0.15, 0.2) is 0 Å². The maximum absolute atomic E-state index is 11.4. The van der Waals surface area contributed by atoms with Crippen molar-refractivity contribution in [1.29, 1.82) is 0 Å². The summed E-state index contributed by atoms with van der Waals surface area (Å²) in [6.07, 6.45) is 3.76. The van der Waals surface area contributed by atoms with E-state index in [1.165, 1.54) is 7.11 Å². The normalized spacial score (nSPS) is 10.6. The smallest absolute Gasteiger partial charge is 0.338 e. The van der Waals surface area contributed by atoms with Crippen LogP contribution in [0.25, 0.3) is 6.08 Å². The topological polar surface area (TPSA) is 52.3 Å². The lowest BCUT2D eigenvalue weighted by Crippen LogP contribution is -2.04. The fourth-order valence-electron chi connectivity index (χ4n) is 1.36. The first-order valence-corrected chi connectivity index (χ1v) is 4.75. The molecular formula is C12H15NO2. The molecule has 0 heterocycles. The van der Waals surface area contributed by atoms with Crippen LogP contribution in [0, 0.1) is 6.92 Å². The van der Waals surface area contributed by atoms with E-state index in [-0.39, 0.29) is 5.97 Å². The van der Waals surface area contributed by atoms with Gasteiger partial charge in [-0.3, -0.25) is 0 Å². The zero-order chi connectivity index (χ0) is 11.3. The molecule has 1 aromatic rings. The third kappa shape index (κ3) is 2.67. The lowest BCUT2D eigenvalue weighted by atomic mass is 10.0. The van der Waals surface area contributed by atoms with Gasteiger partial charge < -0.3 is 10.5 Å². The summed E-state index contributed by atoms with van der Waals surface area (Å²) in [6.45, 7) is 2.38. The molecule has 15 heavy (non-hydrogen) atoms. The van der Waals surface area contributed by atoms with E-state index in [1.54, 1.807) is 6.07 Å². The van der Waals surface area contributed by atoms with Gasteiger partial charge in [0.05, 0.1) is 12.7 Å². The van der Waals surface area contributed by atoms with Crippen molar-refractivity contribution in [2.75, 3.05) is 13.7 Å². The Morgan fingerprint density at radius 3 is 2.87 bits per heavy atom. The highest BCUT2D eigenvalue weighted by atomic mass is 16.5. The van der Waals surface area contributed by atoms with Gasteiger partial charge in [0.25, 0.3) is 0 Å². The molecule has 3 heteroatoms. The Kier molecular flexibility index (Phi) is 4.06. The third-order valence-corrected chi connectivity index (χ3v) is 2.21. The highest BCUT2D eigenvalue weighted by Gasteiger charge is 2.09. The largest absolute Gasteiger partial charge is 0.465 e. The third-order valence-electron chi connectivity index (χ3n) is 2.21. The van der Waals surface area contributed by atoms with Crippen LogP contribution in [-0.2, 0) is 4.74 Å². The minimum atomic E-state index is -0.310. The highest BCUT2D eigenvalue weighted by Crippen LogP contribution is 2.15. The number of esters is 1. The van der Waals surface area contributed by atoms with Crippen molar-refractivity contribution < 1.29 is 9.53 Å². The van der Waals surface area contributed by atoms with Crippen LogP contribution in [0.2, 0.25) is 0 Å². The Hall–Kier alpha value is -1.61. The molecule has 0 bridgehead atoms. The van der Waals surface area contributed by atoms with E-state index in [0.29, 0.717) is 12.1 Å². The molecular weight excluding hydrogens is 190 g/mol. The fraction of sp³-hybridized carbons (Fsp3) is 0.250. The summed E-state index contributed by atoms with van der Waals surface area (Å²) in [4.78, 5) is 11.4. The number of methoxy groups -OCH3 is 1. The molecule has 0 unspecified atom stereocenters. The van der Waals surface area contributed by atoms with Gasteiger partial charge in [0.2, 0.25) is 0 Å². The van der Waals surface area contributed by atoms with E-state index >= 15 is 0 Å². The number of nitrogens with two attached hydrogens (primary N) is 1. The number of rotatable bonds is 3. The molecule has 0 spiro atoms. The molecule has 0 radical (unpaired) electrons. The predicted octanol–water partition coefficient (Wildman–Crippen LogP) is 1.75. The monoisotopic (exact) mass is 205 g/mol. The Labute approximate surface area is 89.5 Å². The summed E-state index contributed by atoms with van der Waals surface area (Å²) >= 11 is 0.